The minimum absolute atomic E-state index is 0.399. The fraction of sp³-hybridized carbons (Fsp3) is 0.100. The van der Waals surface area contributed by atoms with Gasteiger partial charge in [0, 0.05) is 35.9 Å². The SMILES string of the molecule is Cc1cccc([N+](c2ccccc2)(c2ccccc2)P(=O)([O-])[O-])c1C. The van der Waals surface area contributed by atoms with E-state index >= 15 is 0 Å². The highest BCUT2D eigenvalue weighted by Crippen LogP contribution is 2.60. The Labute approximate surface area is 147 Å². The molecule has 0 atom stereocenters. The van der Waals surface area contributed by atoms with E-state index in [4.69, 9.17) is 0 Å². The van der Waals surface area contributed by atoms with Gasteiger partial charge in [0.05, 0.1) is 0 Å². The first-order valence-corrected chi connectivity index (χ1v) is 9.48. The molecule has 5 heteroatoms. The van der Waals surface area contributed by atoms with Crippen molar-refractivity contribution in [3.63, 3.8) is 0 Å². The molecule has 0 heterocycles. The average Bonchev–Trinajstić information content (AvgIpc) is 2.60. The molecule has 0 aliphatic rings. The fourth-order valence-corrected chi connectivity index (χ4v) is 4.53. The average molecular weight is 352 g/mol. The highest BCUT2D eigenvalue weighted by molar-refractivity contribution is 7.49. The second-order valence-electron chi connectivity index (χ2n) is 5.99. The van der Waals surface area contributed by atoms with Crippen molar-refractivity contribution in [1.82, 2.24) is 4.25 Å². The van der Waals surface area contributed by atoms with Gasteiger partial charge in [-0.05, 0) is 19.4 Å². The molecule has 128 valence electrons. The molecule has 0 aliphatic heterocycles. The molecule has 0 spiro atoms. The van der Waals surface area contributed by atoms with Crippen LogP contribution in [0.1, 0.15) is 11.1 Å². The van der Waals surface area contributed by atoms with E-state index in [-0.39, 0.29) is 0 Å². The van der Waals surface area contributed by atoms with Gasteiger partial charge in [0.15, 0.2) is 0 Å². The largest absolute Gasteiger partial charge is 0.764 e. The minimum atomic E-state index is -5.18. The molecule has 0 aliphatic carbocycles. The summed E-state index contributed by atoms with van der Waals surface area (Å²) in [7, 11) is -5.18. The lowest BCUT2D eigenvalue weighted by atomic mass is 10.1. The molecule has 0 aromatic heterocycles. The molecule has 25 heavy (non-hydrogen) atoms. The molecule has 0 saturated carbocycles. The van der Waals surface area contributed by atoms with Crippen molar-refractivity contribution in [2.45, 2.75) is 13.8 Å². The van der Waals surface area contributed by atoms with E-state index < -0.39 is 12.0 Å². The second-order valence-corrected chi connectivity index (χ2v) is 7.53. The summed E-state index contributed by atoms with van der Waals surface area (Å²) in [5.41, 5.74) is 2.96. The Kier molecular flexibility index (Phi) is 4.63. The number of hydrogen-bond acceptors (Lipinski definition) is 3. The van der Waals surface area contributed by atoms with Gasteiger partial charge in [0.25, 0.3) is 0 Å². The number of hydrogen-bond donors (Lipinski definition) is 0. The molecule has 0 amide bonds. The smallest absolute Gasteiger partial charge is 0.147 e. The van der Waals surface area contributed by atoms with E-state index in [1.165, 1.54) is 0 Å². The maximum absolute atomic E-state index is 12.8. The van der Waals surface area contributed by atoms with Crippen molar-refractivity contribution in [3.8, 4) is 0 Å². The van der Waals surface area contributed by atoms with Crippen LogP contribution in [0.15, 0.2) is 78.9 Å². The van der Waals surface area contributed by atoms with Crippen molar-refractivity contribution in [1.29, 1.82) is 0 Å². The van der Waals surface area contributed by atoms with E-state index in [9.17, 15) is 14.4 Å². The molecular formula is C20H19NO3P-. The Morgan fingerprint density at radius 3 is 1.64 bits per heavy atom. The standard InChI is InChI=1S/C20H20NO3P/c1-16-10-9-15-20(17(16)2)21(25(22,23)24,18-11-5-3-6-12-18)19-13-7-4-8-14-19/h3-15H,1-2H3,(H-,22,23,24)/p-1. The van der Waals surface area contributed by atoms with Crippen LogP contribution in [0.4, 0.5) is 17.1 Å². The van der Waals surface area contributed by atoms with Gasteiger partial charge in [-0.3, -0.25) is 4.57 Å². The van der Waals surface area contributed by atoms with E-state index in [0.717, 1.165) is 11.1 Å². The maximum atomic E-state index is 12.8. The van der Waals surface area contributed by atoms with Crippen LogP contribution in [-0.2, 0) is 4.57 Å². The number of nitrogens with zero attached hydrogens (tertiary/aromatic N) is 1. The van der Waals surface area contributed by atoms with Crippen LogP contribution < -0.4 is 14.0 Å². The van der Waals surface area contributed by atoms with Crippen molar-refractivity contribution in [3.05, 3.63) is 90.0 Å². The fourth-order valence-electron chi connectivity index (χ4n) is 3.22. The number of aryl methyl sites for hydroxylation is 1. The predicted octanol–water partition coefficient (Wildman–Crippen LogP) is 4.10. The minimum Gasteiger partial charge on any atom is -0.764 e. The van der Waals surface area contributed by atoms with E-state index in [0.29, 0.717) is 17.1 Å². The number of benzene rings is 3. The topological polar surface area (TPSA) is 63.2 Å². The van der Waals surface area contributed by atoms with Gasteiger partial charge >= 0.3 is 0 Å². The van der Waals surface area contributed by atoms with Crippen LogP contribution in [0.3, 0.4) is 0 Å². The molecule has 3 rings (SSSR count). The molecule has 0 N–H and O–H groups in total. The third-order valence-corrected chi connectivity index (χ3v) is 5.96. The van der Waals surface area contributed by atoms with Gasteiger partial charge in [0.1, 0.15) is 24.8 Å². The summed E-state index contributed by atoms with van der Waals surface area (Å²) < 4.78 is 11.9. The van der Waals surface area contributed by atoms with Gasteiger partial charge in [0.2, 0.25) is 0 Å². The Balaban J connectivity index is 2.51. The second kappa shape index (κ2) is 6.58. The third kappa shape index (κ3) is 2.84. The molecule has 4 nitrogen and oxygen atoms in total. The lowest BCUT2D eigenvalue weighted by Crippen LogP contribution is -2.45. The zero-order valence-corrected chi connectivity index (χ0v) is 15.0. The summed E-state index contributed by atoms with van der Waals surface area (Å²) in [4.78, 5) is 25.5. The summed E-state index contributed by atoms with van der Waals surface area (Å²) in [6.07, 6.45) is 0. The number of quaternary nitrogens is 1. The highest BCUT2D eigenvalue weighted by atomic mass is 31.2. The molecule has 3 aromatic rings. The van der Waals surface area contributed by atoms with Crippen molar-refractivity contribution in [2.75, 3.05) is 0 Å². The Morgan fingerprint density at radius 1 is 0.720 bits per heavy atom. The highest BCUT2D eigenvalue weighted by Gasteiger charge is 2.41. The third-order valence-electron chi connectivity index (χ3n) is 4.55. The lowest BCUT2D eigenvalue weighted by molar-refractivity contribution is -0.323. The molecule has 0 fully saturated rings. The van der Waals surface area contributed by atoms with Gasteiger partial charge in [-0.2, -0.15) is 0 Å². The monoisotopic (exact) mass is 352 g/mol. The van der Waals surface area contributed by atoms with Gasteiger partial charge in [-0.25, -0.2) is 4.25 Å². The van der Waals surface area contributed by atoms with Crippen molar-refractivity contribution < 1.29 is 14.4 Å². The van der Waals surface area contributed by atoms with Gasteiger partial charge in [-0.1, -0.05) is 48.5 Å². The molecule has 0 radical (unpaired) electrons. The van der Waals surface area contributed by atoms with Crippen LogP contribution in [0.5, 0.6) is 0 Å². The number of para-hydroxylation sites is 2. The predicted molar refractivity (Wildman–Crippen MR) is 97.5 cm³/mol. The Hall–Kier alpha value is -2.23. The summed E-state index contributed by atoms with van der Waals surface area (Å²) >= 11 is 0. The quantitative estimate of drug-likeness (QED) is 0.664. The van der Waals surface area contributed by atoms with E-state index in [2.05, 4.69) is 0 Å². The van der Waals surface area contributed by atoms with Crippen LogP contribution >= 0.6 is 7.75 Å². The zero-order valence-electron chi connectivity index (χ0n) is 14.1. The Morgan fingerprint density at radius 2 is 1.20 bits per heavy atom. The molecule has 0 unspecified atom stereocenters. The van der Waals surface area contributed by atoms with Crippen LogP contribution in [-0.4, -0.2) is 0 Å². The van der Waals surface area contributed by atoms with E-state index in [1.54, 1.807) is 72.8 Å². The normalized spacial score (nSPS) is 12.2. The van der Waals surface area contributed by atoms with Gasteiger partial charge in [-0.15, -0.1) is 0 Å². The first-order chi connectivity index (χ1) is 11.9. The lowest BCUT2D eigenvalue weighted by Gasteiger charge is -2.50. The summed E-state index contributed by atoms with van der Waals surface area (Å²) in [6.45, 7) is 3.75. The van der Waals surface area contributed by atoms with Crippen molar-refractivity contribution >= 4 is 24.8 Å². The van der Waals surface area contributed by atoms with Crippen LogP contribution in [0.25, 0.3) is 0 Å². The van der Waals surface area contributed by atoms with E-state index in [1.807, 2.05) is 19.9 Å². The molecule has 3 aromatic carbocycles. The first-order valence-electron chi connectivity index (χ1n) is 7.98. The summed E-state index contributed by atoms with van der Waals surface area (Å²) in [6, 6.07) is 22.7. The number of rotatable bonds is 4. The molecule has 0 saturated heterocycles. The van der Waals surface area contributed by atoms with Gasteiger partial charge < -0.3 is 9.79 Å². The first kappa shape index (κ1) is 17.6. The van der Waals surface area contributed by atoms with Crippen molar-refractivity contribution in [2.24, 2.45) is 0 Å². The van der Waals surface area contributed by atoms with Crippen LogP contribution in [0, 0.1) is 13.8 Å². The molecule has 0 bridgehead atoms. The zero-order chi connectivity index (χ0) is 18.1. The summed E-state index contributed by atoms with van der Waals surface area (Å²) in [5.74, 6) is 0. The van der Waals surface area contributed by atoms with Crippen LogP contribution in [0.2, 0.25) is 0 Å². The Bertz CT molecular complexity index is 881. The molecular weight excluding hydrogens is 333 g/mol. The summed E-state index contributed by atoms with van der Waals surface area (Å²) in [5, 5.41) is 0. The maximum Gasteiger partial charge on any atom is 0.147 e.